The number of benzene rings is 1. The van der Waals surface area contributed by atoms with Crippen LogP contribution in [0.1, 0.15) is 32.1 Å². The second-order valence-corrected chi connectivity index (χ2v) is 6.63. The Balaban J connectivity index is 1.80. The lowest BCUT2D eigenvalue weighted by atomic mass is 10.0. The van der Waals surface area contributed by atoms with Crippen molar-refractivity contribution in [3.63, 3.8) is 0 Å². The van der Waals surface area contributed by atoms with Crippen LogP contribution in [0, 0.1) is 0 Å². The standard InChI is InChI=1S/C14H18Br2N2O/c15-10-4-6-13(12(16)9-10)18-14(19)7-5-11-3-1-2-8-17-11/h4,6,9,11,17H,1-3,5,7-8H2,(H,18,19). The fourth-order valence-corrected chi connectivity index (χ4v) is 3.43. The summed E-state index contributed by atoms with van der Waals surface area (Å²) in [5, 5.41) is 6.40. The van der Waals surface area contributed by atoms with E-state index in [-0.39, 0.29) is 5.91 Å². The van der Waals surface area contributed by atoms with Crippen LogP contribution in [0.15, 0.2) is 27.1 Å². The maximum Gasteiger partial charge on any atom is 0.224 e. The van der Waals surface area contributed by atoms with Crippen molar-refractivity contribution in [1.29, 1.82) is 0 Å². The molecule has 0 aromatic heterocycles. The summed E-state index contributed by atoms with van der Waals surface area (Å²) >= 11 is 6.84. The summed E-state index contributed by atoms with van der Waals surface area (Å²) in [6.07, 6.45) is 5.21. The highest BCUT2D eigenvalue weighted by Crippen LogP contribution is 2.26. The Kier molecular flexibility index (Phi) is 5.85. The predicted molar refractivity (Wildman–Crippen MR) is 85.3 cm³/mol. The molecule has 1 atom stereocenters. The molecular weight excluding hydrogens is 372 g/mol. The molecule has 1 saturated heterocycles. The number of rotatable bonds is 4. The first-order chi connectivity index (χ1) is 9.15. The number of hydrogen-bond donors (Lipinski definition) is 2. The summed E-state index contributed by atoms with van der Waals surface area (Å²) in [6.45, 7) is 1.09. The van der Waals surface area contributed by atoms with E-state index in [2.05, 4.69) is 42.5 Å². The quantitative estimate of drug-likeness (QED) is 0.814. The zero-order valence-electron chi connectivity index (χ0n) is 10.7. The molecule has 1 aliphatic heterocycles. The maximum atomic E-state index is 11.9. The number of anilines is 1. The van der Waals surface area contributed by atoms with E-state index >= 15 is 0 Å². The van der Waals surface area contributed by atoms with Crippen LogP contribution in [0.4, 0.5) is 5.69 Å². The van der Waals surface area contributed by atoms with E-state index in [0.29, 0.717) is 12.5 Å². The minimum Gasteiger partial charge on any atom is -0.325 e. The number of amides is 1. The monoisotopic (exact) mass is 388 g/mol. The number of carbonyl (C=O) groups excluding carboxylic acids is 1. The van der Waals surface area contributed by atoms with Gasteiger partial charge in [-0.1, -0.05) is 22.4 Å². The van der Waals surface area contributed by atoms with E-state index < -0.39 is 0 Å². The third-order valence-corrected chi connectivity index (χ3v) is 4.49. The topological polar surface area (TPSA) is 41.1 Å². The van der Waals surface area contributed by atoms with Crippen molar-refractivity contribution in [3.05, 3.63) is 27.1 Å². The van der Waals surface area contributed by atoms with Crippen LogP contribution in [-0.2, 0) is 4.79 Å². The summed E-state index contributed by atoms with van der Waals surface area (Å²) in [7, 11) is 0. The second-order valence-electron chi connectivity index (χ2n) is 4.86. The summed E-state index contributed by atoms with van der Waals surface area (Å²) in [4.78, 5) is 11.9. The number of nitrogens with one attached hydrogen (secondary N) is 2. The van der Waals surface area contributed by atoms with E-state index in [1.54, 1.807) is 0 Å². The molecule has 0 radical (unpaired) electrons. The van der Waals surface area contributed by atoms with Crippen molar-refractivity contribution >= 4 is 43.5 Å². The van der Waals surface area contributed by atoms with Crippen molar-refractivity contribution in [3.8, 4) is 0 Å². The molecule has 1 aromatic carbocycles. The van der Waals surface area contributed by atoms with E-state index in [1.807, 2.05) is 18.2 Å². The summed E-state index contributed by atoms with van der Waals surface area (Å²) in [5.41, 5.74) is 0.824. The molecule has 3 nitrogen and oxygen atoms in total. The van der Waals surface area contributed by atoms with Crippen LogP contribution in [0.2, 0.25) is 0 Å². The lowest BCUT2D eigenvalue weighted by molar-refractivity contribution is -0.116. The number of hydrogen-bond acceptors (Lipinski definition) is 2. The molecule has 19 heavy (non-hydrogen) atoms. The molecule has 1 heterocycles. The smallest absolute Gasteiger partial charge is 0.224 e. The van der Waals surface area contributed by atoms with E-state index in [9.17, 15) is 4.79 Å². The Hall–Kier alpha value is -0.390. The molecule has 0 bridgehead atoms. The molecule has 1 aliphatic rings. The van der Waals surface area contributed by atoms with Gasteiger partial charge in [0, 0.05) is 21.4 Å². The third-order valence-electron chi connectivity index (χ3n) is 3.34. The molecule has 1 unspecified atom stereocenters. The zero-order valence-corrected chi connectivity index (χ0v) is 13.9. The van der Waals surface area contributed by atoms with Crippen molar-refractivity contribution < 1.29 is 4.79 Å². The van der Waals surface area contributed by atoms with Gasteiger partial charge in [0.1, 0.15) is 0 Å². The first-order valence-electron chi connectivity index (χ1n) is 6.63. The lowest BCUT2D eigenvalue weighted by Gasteiger charge is -2.23. The van der Waals surface area contributed by atoms with Gasteiger partial charge in [0.25, 0.3) is 0 Å². The van der Waals surface area contributed by atoms with Crippen molar-refractivity contribution in [2.24, 2.45) is 0 Å². The van der Waals surface area contributed by atoms with Gasteiger partial charge in [0.05, 0.1) is 5.69 Å². The van der Waals surface area contributed by atoms with Crippen molar-refractivity contribution in [2.45, 2.75) is 38.1 Å². The molecule has 0 spiro atoms. The van der Waals surface area contributed by atoms with Gasteiger partial charge in [-0.25, -0.2) is 0 Å². The molecule has 2 N–H and O–H groups in total. The lowest BCUT2D eigenvalue weighted by Crippen LogP contribution is -2.34. The summed E-state index contributed by atoms with van der Waals surface area (Å²) in [5.74, 6) is 0.0791. The number of carbonyl (C=O) groups is 1. The van der Waals surface area contributed by atoms with Gasteiger partial charge < -0.3 is 10.6 Å². The molecule has 0 aliphatic carbocycles. The predicted octanol–water partition coefficient (Wildman–Crippen LogP) is 4.07. The van der Waals surface area contributed by atoms with Crippen molar-refractivity contribution in [1.82, 2.24) is 5.32 Å². The fraction of sp³-hybridized carbons (Fsp3) is 0.500. The Labute approximate surface area is 130 Å². The van der Waals surface area contributed by atoms with Gasteiger partial charge in [-0.15, -0.1) is 0 Å². The molecular formula is C14H18Br2N2O. The van der Waals surface area contributed by atoms with Crippen LogP contribution in [-0.4, -0.2) is 18.5 Å². The van der Waals surface area contributed by atoms with Gasteiger partial charge in [-0.05, 0) is 59.9 Å². The average molecular weight is 390 g/mol. The second kappa shape index (κ2) is 7.41. The largest absolute Gasteiger partial charge is 0.325 e. The van der Waals surface area contributed by atoms with E-state index in [0.717, 1.165) is 27.6 Å². The highest BCUT2D eigenvalue weighted by atomic mass is 79.9. The molecule has 5 heteroatoms. The van der Waals surface area contributed by atoms with Gasteiger partial charge in [-0.3, -0.25) is 4.79 Å². The zero-order chi connectivity index (χ0) is 13.7. The molecule has 1 fully saturated rings. The van der Waals surface area contributed by atoms with Crippen LogP contribution in [0.5, 0.6) is 0 Å². The number of halogens is 2. The highest BCUT2D eigenvalue weighted by molar-refractivity contribution is 9.11. The molecule has 1 amide bonds. The minimum absolute atomic E-state index is 0.0791. The summed E-state index contributed by atoms with van der Waals surface area (Å²) in [6, 6.07) is 6.25. The highest BCUT2D eigenvalue weighted by Gasteiger charge is 2.14. The Bertz CT molecular complexity index is 445. The summed E-state index contributed by atoms with van der Waals surface area (Å²) < 4.78 is 1.88. The average Bonchev–Trinajstić information content (AvgIpc) is 2.41. The SMILES string of the molecule is O=C(CCC1CCCCN1)Nc1ccc(Br)cc1Br. The third kappa shape index (κ3) is 4.89. The molecule has 1 aromatic rings. The first kappa shape index (κ1) is 15.0. The fourth-order valence-electron chi connectivity index (χ4n) is 2.28. The van der Waals surface area contributed by atoms with Crippen LogP contribution in [0.25, 0.3) is 0 Å². The van der Waals surface area contributed by atoms with Crippen LogP contribution < -0.4 is 10.6 Å². The first-order valence-corrected chi connectivity index (χ1v) is 8.22. The van der Waals surface area contributed by atoms with E-state index in [4.69, 9.17) is 0 Å². The van der Waals surface area contributed by atoms with Crippen molar-refractivity contribution in [2.75, 3.05) is 11.9 Å². The Morgan fingerprint density at radius 2 is 2.21 bits per heavy atom. The van der Waals surface area contributed by atoms with Gasteiger partial charge in [0.15, 0.2) is 0 Å². The minimum atomic E-state index is 0.0791. The van der Waals surface area contributed by atoms with Crippen LogP contribution in [0.3, 0.4) is 0 Å². The van der Waals surface area contributed by atoms with Gasteiger partial charge in [0.2, 0.25) is 5.91 Å². The Morgan fingerprint density at radius 1 is 1.37 bits per heavy atom. The molecule has 0 saturated carbocycles. The van der Waals surface area contributed by atoms with Crippen LogP contribution >= 0.6 is 31.9 Å². The van der Waals surface area contributed by atoms with Gasteiger partial charge >= 0.3 is 0 Å². The van der Waals surface area contributed by atoms with E-state index in [1.165, 1.54) is 19.3 Å². The maximum absolute atomic E-state index is 11.9. The molecule has 104 valence electrons. The Morgan fingerprint density at radius 3 is 2.89 bits per heavy atom. The molecule has 2 rings (SSSR count). The number of piperidine rings is 1. The van der Waals surface area contributed by atoms with Gasteiger partial charge in [-0.2, -0.15) is 0 Å². The normalized spacial score (nSPS) is 19.2.